The minimum Gasteiger partial charge on any atom is -0.323 e. The summed E-state index contributed by atoms with van der Waals surface area (Å²) < 4.78 is 13.5. The van der Waals surface area contributed by atoms with Gasteiger partial charge in [0.15, 0.2) is 5.82 Å². The first-order chi connectivity index (χ1) is 8.16. The smallest absolute Gasteiger partial charge is 0.228 e. The minimum atomic E-state index is -0.604. The molecule has 1 amide bonds. The van der Waals surface area contributed by atoms with Crippen molar-refractivity contribution in [1.82, 2.24) is 0 Å². The van der Waals surface area contributed by atoms with E-state index in [-0.39, 0.29) is 23.0 Å². The van der Waals surface area contributed by atoms with E-state index in [0.29, 0.717) is 0 Å². The number of carbonyl (C=O) groups is 1. The summed E-state index contributed by atoms with van der Waals surface area (Å²) in [5.41, 5.74) is 1.02. The second-order valence-electron chi connectivity index (χ2n) is 3.46. The van der Waals surface area contributed by atoms with Gasteiger partial charge in [0.2, 0.25) is 5.91 Å². The molecule has 0 aliphatic carbocycles. The molecule has 1 aromatic heterocycles. The van der Waals surface area contributed by atoms with E-state index in [4.69, 9.17) is 11.6 Å². The van der Waals surface area contributed by atoms with Crippen LogP contribution < -0.4 is 5.32 Å². The van der Waals surface area contributed by atoms with Crippen LogP contribution in [-0.2, 0) is 11.2 Å². The molecule has 0 fully saturated rings. The molecule has 0 spiro atoms. The first-order valence-electron chi connectivity index (χ1n) is 4.92. The average molecular weight is 270 g/mol. The SMILES string of the molecule is O=C(Cc1ccsc1)Nc1cccc(Cl)c1F. The van der Waals surface area contributed by atoms with Crippen LogP contribution in [0.15, 0.2) is 35.0 Å². The number of anilines is 1. The second-order valence-corrected chi connectivity index (χ2v) is 4.65. The van der Waals surface area contributed by atoms with Crippen LogP contribution in [0.2, 0.25) is 5.02 Å². The molecule has 0 saturated carbocycles. The lowest BCUT2D eigenvalue weighted by Gasteiger charge is -2.06. The van der Waals surface area contributed by atoms with E-state index in [2.05, 4.69) is 5.32 Å². The molecule has 5 heteroatoms. The Hall–Kier alpha value is -1.39. The fourth-order valence-electron chi connectivity index (χ4n) is 1.37. The summed E-state index contributed by atoms with van der Waals surface area (Å²) >= 11 is 7.13. The van der Waals surface area contributed by atoms with Crippen molar-refractivity contribution in [3.8, 4) is 0 Å². The zero-order valence-electron chi connectivity index (χ0n) is 8.74. The van der Waals surface area contributed by atoms with E-state index in [1.807, 2.05) is 16.8 Å². The van der Waals surface area contributed by atoms with Crippen molar-refractivity contribution in [2.45, 2.75) is 6.42 Å². The lowest BCUT2D eigenvalue weighted by atomic mass is 10.2. The van der Waals surface area contributed by atoms with Crippen molar-refractivity contribution < 1.29 is 9.18 Å². The van der Waals surface area contributed by atoms with E-state index in [1.54, 1.807) is 6.07 Å². The molecule has 2 aromatic rings. The largest absolute Gasteiger partial charge is 0.323 e. The van der Waals surface area contributed by atoms with E-state index in [1.165, 1.54) is 23.5 Å². The van der Waals surface area contributed by atoms with E-state index >= 15 is 0 Å². The topological polar surface area (TPSA) is 29.1 Å². The van der Waals surface area contributed by atoms with Crippen molar-refractivity contribution in [2.75, 3.05) is 5.32 Å². The van der Waals surface area contributed by atoms with Crippen LogP contribution in [0.1, 0.15) is 5.56 Å². The standard InChI is InChI=1S/C12H9ClFNOS/c13-9-2-1-3-10(12(9)14)15-11(16)6-8-4-5-17-7-8/h1-5,7H,6H2,(H,15,16). The number of amides is 1. The van der Waals surface area contributed by atoms with Gasteiger partial charge in [0.25, 0.3) is 0 Å². The first kappa shape index (κ1) is 12.1. The zero-order valence-corrected chi connectivity index (χ0v) is 10.3. The highest BCUT2D eigenvalue weighted by atomic mass is 35.5. The minimum absolute atomic E-state index is 0.00154. The number of nitrogens with one attached hydrogen (secondary N) is 1. The Morgan fingerprint density at radius 3 is 2.94 bits per heavy atom. The van der Waals surface area contributed by atoms with Gasteiger partial charge >= 0.3 is 0 Å². The van der Waals surface area contributed by atoms with Gasteiger partial charge in [0.1, 0.15) is 0 Å². The van der Waals surface area contributed by atoms with Gasteiger partial charge in [0.05, 0.1) is 17.1 Å². The molecule has 0 bridgehead atoms. The first-order valence-corrected chi connectivity index (χ1v) is 6.24. The summed E-state index contributed by atoms with van der Waals surface area (Å²) in [4.78, 5) is 11.6. The monoisotopic (exact) mass is 269 g/mol. The number of carbonyl (C=O) groups excluding carboxylic acids is 1. The highest BCUT2D eigenvalue weighted by Gasteiger charge is 2.10. The van der Waals surface area contributed by atoms with Crippen LogP contribution in [0.25, 0.3) is 0 Å². The molecule has 0 unspecified atom stereocenters. The maximum atomic E-state index is 13.5. The third-order valence-electron chi connectivity index (χ3n) is 2.17. The van der Waals surface area contributed by atoms with Gasteiger partial charge < -0.3 is 5.32 Å². The second kappa shape index (κ2) is 5.29. The van der Waals surface area contributed by atoms with Crippen LogP contribution in [0.4, 0.5) is 10.1 Å². The third-order valence-corrected chi connectivity index (χ3v) is 3.19. The summed E-state index contributed by atoms with van der Waals surface area (Å²) in [6, 6.07) is 6.36. The molecular formula is C12H9ClFNOS. The number of benzene rings is 1. The lowest BCUT2D eigenvalue weighted by Crippen LogP contribution is -2.15. The van der Waals surface area contributed by atoms with Crippen LogP contribution >= 0.6 is 22.9 Å². The fourth-order valence-corrected chi connectivity index (χ4v) is 2.22. The molecular weight excluding hydrogens is 261 g/mol. The maximum Gasteiger partial charge on any atom is 0.228 e. The zero-order chi connectivity index (χ0) is 12.3. The van der Waals surface area contributed by atoms with Crippen molar-refractivity contribution in [2.24, 2.45) is 0 Å². The Morgan fingerprint density at radius 2 is 2.24 bits per heavy atom. The molecule has 0 atom stereocenters. The van der Waals surface area contributed by atoms with Crippen LogP contribution in [0.3, 0.4) is 0 Å². The normalized spacial score (nSPS) is 10.2. The van der Waals surface area contributed by atoms with Crippen molar-refractivity contribution >= 4 is 34.5 Å². The summed E-state index contributed by atoms with van der Waals surface area (Å²) in [5.74, 6) is -0.864. The van der Waals surface area contributed by atoms with Crippen molar-refractivity contribution in [1.29, 1.82) is 0 Å². The number of rotatable bonds is 3. The van der Waals surface area contributed by atoms with Crippen LogP contribution in [0.5, 0.6) is 0 Å². The summed E-state index contributed by atoms with van der Waals surface area (Å²) in [6.45, 7) is 0. The molecule has 2 nitrogen and oxygen atoms in total. The Morgan fingerprint density at radius 1 is 1.41 bits per heavy atom. The van der Waals surface area contributed by atoms with Crippen LogP contribution in [-0.4, -0.2) is 5.91 Å². The van der Waals surface area contributed by atoms with Gasteiger partial charge in [-0.25, -0.2) is 4.39 Å². The molecule has 0 radical (unpaired) electrons. The van der Waals surface area contributed by atoms with Gasteiger partial charge in [-0.2, -0.15) is 11.3 Å². The third kappa shape index (κ3) is 3.05. The summed E-state index contributed by atoms with van der Waals surface area (Å²) in [7, 11) is 0. The highest BCUT2D eigenvalue weighted by molar-refractivity contribution is 7.08. The van der Waals surface area contributed by atoms with E-state index < -0.39 is 5.82 Å². The molecule has 1 aromatic carbocycles. The quantitative estimate of drug-likeness (QED) is 0.904. The Labute approximate surface area is 107 Å². The number of hydrogen-bond acceptors (Lipinski definition) is 2. The van der Waals surface area contributed by atoms with Gasteiger partial charge in [-0.3, -0.25) is 4.79 Å². The average Bonchev–Trinajstić information content (AvgIpc) is 2.77. The predicted molar refractivity (Wildman–Crippen MR) is 68.1 cm³/mol. The van der Waals surface area contributed by atoms with Gasteiger partial charge in [-0.15, -0.1) is 0 Å². The Bertz CT molecular complexity index is 527. The van der Waals surface area contributed by atoms with Gasteiger partial charge in [-0.05, 0) is 34.5 Å². The molecule has 0 aliphatic heterocycles. The molecule has 2 rings (SSSR count). The number of thiophene rings is 1. The molecule has 17 heavy (non-hydrogen) atoms. The van der Waals surface area contributed by atoms with Crippen molar-refractivity contribution in [3.63, 3.8) is 0 Å². The molecule has 88 valence electrons. The van der Waals surface area contributed by atoms with Crippen molar-refractivity contribution in [3.05, 3.63) is 51.4 Å². The molecule has 0 saturated heterocycles. The number of hydrogen-bond donors (Lipinski definition) is 1. The summed E-state index contributed by atoms with van der Waals surface area (Å²) in [6.07, 6.45) is 0.232. The Balaban J connectivity index is 2.06. The van der Waals surface area contributed by atoms with E-state index in [9.17, 15) is 9.18 Å². The highest BCUT2D eigenvalue weighted by Crippen LogP contribution is 2.22. The van der Waals surface area contributed by atoms with Crippen LogP contribution in [0, 0.1) is 5.82 Å². The number of halogens is 2. The lowest BCUT2D eigenvalue weighted by molar-refractivity contribution is -0.115. The van der Waals surface area contributed by atoms with Gasteiger partial charge in [-0.1, -0.05) is 17.7 Å². The molecule has 1 N–H and O–H groups in total. The maximum absolute atomic E-state index is 13.5. The predicted octanol–water partition coefficient (Wildman–Crippen LogP) is 3.72. The summed E-state index contributed by atoms with van der Waals surface area (Å²) in [5, 5.41) is 6.27. The molecule has 0 aliphatic rings. The fraction of sp³-hybridized carbons (Fsp3) is 0.0833. The Kier molecular flexibility index (Phi) is 3.76. The van der Waals surface area contributed by atoms with Gasteiger partial charge in [0, 0.05) is 0 Å². The molecule has 1 heterocycles. The van der Waals surface area contributed by atoms with E-state index in [0.717, 1.165) is 5.56 Å².